The molecule has 0 aromatic carbocycles. The Balaban J connectivity index is 1.98. The maximum absolute atomic E-state index is 13.3. The minimum Gasteiger partial charge on any atom is -0.438 e. The summed E-state index contributed by atoms with van der Waals surface area (Å²) in [5, 5.41) is 0. The lowest BCUT2D eigenvalue weighted by molar-refractivity contribution is -0.162. The molecule has 2 rings (SSSR count). The van der Waals surface area contributed by atoms with E-state index in [1.807, 2.05) is 20.8 Å². The van der Waals surface area contributed by atoms with Crippen molar-refractivity contribution in [1.82, 2.24) is 19.5 Å². The lowest BCUT2D eigenvalue weighted by atomic mass is 9.93. The summed E-state index contributed by atoms with van der Waals surface area (Å²) in [5.74, 6) is -1.37. The van der Waals surface area contributed by atoms with E-state index >= 15 is 0 Å². The summed E-state index contributed by atoms with van der Waals surface area (Å²) in [7, 11) is -4.02. The third-order valence-electron chi connectivity index (χ3n) is 5.17. The van der Waals surface area contributed by atoms with Crippen LogP contribution in [0.3, 0.4) is 0 Å². The average molecular weight is 616 g/mol. The number of imidazole rings is 1. The third kappa shape index (κ3) is 11.6. The number of fused-ring (bicyclic) bond motifs is 1. The van der Waals surface area contributed by atoms with Crippen molar-refractivity contribution in [3.63, 3.8) is 0 Å². The molecule has 2 aromatic heterocycles. The smallest absolute Gasteiger partial charge is 0.361 e. The second-order valence-electron chi connectivity index (χ2n) is 12.7. The van der Waals surface area contributed by atoms with Gasteiger partial charge < -0.3 is 23.6 Å². The third-order valence-corrected chi connectivity index (χ3v) is 6.66. The van der Waals surface area contributed by atoms with Crippen LogP contribution in [0.5, 0.6) is 0 Å². The van der Waals surface area contributed by atoms with Gasteiger partial charge in [-0.15, -0.1) is 0 Å². The van der Waals surface area contributed by atoms with Crippen LogP contribution in [0.1, 0.15) is 68.7 Å². The van der Waals surface area contributed by atoms with E-state index in [4.69, 9.17) is 28.1 Å². The number of ether oxygens (including phenoxy) is 3. The van der Waals surface area contributed by atoms with Gasteiger partial charge in [-0.2, -0.15) is 5.48 Å². The largest absolute Gasteiger partial charge is 0.438 e. The summed E-state index contributed by atoms with van der Waals surface area (Å²) in [6.45, 7) is 14.7. The normalized spacial score (nSPS) is 12.7. The molecular formula is C26H42N5O10P. The molecule has 15 nitrogen and oxygen atoms in total. The molecule has 16 heteroatoms. The number of hydrogen-bond donors (Lipinski definition) is 1. The Morgan fingerprint density at radius 2 is 1.45 bits per heavy atom. The predicted octanol–water partition coefficient (Wildman–Crippen LogP) is 4.43. The molecule has 2 aromatic rings. The predicted molar refractivity (Wildman–Crippen MR) is 151 cm³/mol. The van der Waals surface area contributed by atoms with E-state index in [0.717, 1.165) is 0 Å². The number of carbonyl (C=O) groups is 3. The van der Waals surface area contributed by atoms with Gasteiger partial charge in [-0.1, -0.05) is 20.8 Å². The van der Waals surface area contributed by atoms with Gasteiger partial charge in [-0.05, 0) is 47.0 Å². The number of carbonyl (C=O) groups excluding carboxylic acids is 3. The Hall–Kier alpha value is -3.13. The molecular weight excluding hydrogens is 573 g/mol. The maximum Gasteiger partial charge on any atom is 0.361 e. The van der Waals surface area contributed by atoms with Crippen LogP contribution < -0.4 is 5.48 Å². The molecule has 0 unspecified atom stereocenters. The van der Waals surface area contributed by atoms with E-state index in [1.165, 1.54) is 12.7 Å². The molecule has 0 saturated heterocycles. The highest BCUT2D eigenvalue weighted by atomic mass is 31.2. The van der Waals surface area contributed by atoms with E-state index in [9.17, 15) is 18.9 Å². The summed E-state index contributed by atoms with van der Waals surface area (Å²) in [6, 6.07) is 0. The fraction of sp³-hybridized carbons (Fsp3) is 0.692. The Kier molecular flexibility index (Phi) is 12.0. The summed E-state index contributed by atoms with van der Waals surface area (Å²) < 4.78 is 41.0. The Morgan fingerprint density at radius 3 is 1.98 bits per heavy atom. The second-order valence-corrected chi connectivity index (χ2v) is 14.6. The highest BCUT2D eigenvalue weighted by Crippen LogP contribution is 2.48. The number of rotatable bonds is 14. The highest BCUT2D eigenvalue weighted by molar-refractivity contribution is 7.53. The Morgan fingerprint density at radius 1 is 0.881 bits per heavy atom. The van der Waals surface area contributed by atoms with Crippen molar-refractivity contribution in [2.75, 3.05) is 32.0 Å². The van der Waals surface area contributed by atoms with Crippen molar-refractivity contribution in [1.29, 1.82) is 0 Å². The summed E-state index contributed by atoms with van der Waals surface area (Å²) >= 11 is 0. The van der Waals surface area contributed by atoms with Gasteiger partial charge in [0.1, 0.15) is 12.7 Å². The average Bonchev–Trinajstić information content (AvgIpc) is 3.27. The van der Waals surface area contributed by atoms with Gasteiger partial charge >= 0.3 is 25.5 Å². The molecule has 0 aliphatic rings. The van der Waals surface area contributed by atoms with Crippen LogP contribution >= 0.6 is 7.60 Å². The van der Waals surface area contributed by atoms with Crippen molar-refractivity contribution in [2.45, 2.75) is 75.3 Å². The zero-order chi connectivity index (χ0) is 31.8. The number of anilines is 1. The Bertz CT molecular complexity index is 1240. The van der Waals surface area contributed by atoms with Crippen molar-refractivity contribution in [3.05, 3.63) is 12.7 Å². The van der Waals surface area contributed by atoms with Crippen molar-refractivity contribution in [3.8, 4) is 0 Å². The van der Waals surface area contributed by atoms with Crippen LogP contribution in [0.15, 0.2) is 12.7 Å². The monoisotopic (exact) mass is 615 g/mol. The minimum atomic E-state index is -4.02. The van der Waals surface area contributed by atoms with Crippen LogP contribution in [0, 0.1) is 16.2 Å². The molecule has 0 atom stereocenters. The van der Waals surface area contributed by atoms with Gasteiger partial charge in [0.15, 0.2) is 17.0 Å². The second kappa shape index (κ2) is 14.4. The topological polar surface area (TPSA) is 179 Å². The molecule has 0 saturated carbocycles. The quantitative estimate of drug-likeness (QED) is 0.0787. The van der Waals surface area contributed by atoms with Crippen LogP contribution in [0.2, 0.25) is 0 Å². The standard InChI is InChI=1S/C26H42N5O10P/c1-24(2,3)12-18(32)41-30-20-19-21(28-13-27-20)31(14-29-19)10-11-36-17-42(35,39-15-37-22(33)25(4,5)6)40-16-38-23(34)26(7,8)9/h13-14H,10-12,15-17H2,1-9H3,(H,27,28,30). The van der Waals surface area contributed by atoms with Crippen molar-refractivity contribution in [2.24, 2.45) is 16.2 Å². The van der Waals surface area contributed by atoms with Gasteiger partial charge in [0.05, 0.1) is 30.2 Å². The number of aromatic nitrogens is 4. The first-order chi connectivity index (χ1) is 19.3. The van der Waals surface area contributed by atoms with E-state index in [2.05, 4.69) is 20.4 Å². The van der Waals surface area contributed by atoms with Gasteiger partial charge in [0.2, 0.25) is 13.6 Å². The van der Waals surface area contributed by atoms with Crippen molar-refractivity contribution >= 4 is 42.5 Å². The lowest BCUT2D eigenvalue weighted by Gasteiger charge is -2.22. The van der Waals surface area contributed by atoms with Gasteiger partial charge in [0, 0.05) is 6.54 Å². The maximum atomic E-state index is 13.3. The SMILES string of the molecule is CC(C)(C)CC(=O)ONc1ncnc2c1ncn2CCOCP(=O)(OCOC(=O)C(C)(C)C)OCOC(=O)C(C)(C)C. The lowest BCUT2D eigenvalue weighted by Crippen LogP contribution is -2.25. The first-order valence-corrected chi connectivity index (χ1v) is 15.0. The summed E-state index contributed by atoms with van der Waals surface area (Å²) in [5.41, 5.74) is 1.49. The van der Waals surface area contributed by atoms with E-state index < -0.39 is 56.3 Å². The van der Waals surface area contributed by atoms with E-state index in [1.54, 1.807) is 46.1 Å². The zero-order valence-electron chi connectivity index (χ0n) is 25.7. The van der Waals surface area contributed by atoms with Gasteiger partial charge in [0.25, 0.3) is 0 Å². The number of nitrogens with one attached hydrogen (secondary N) is 1. The summed E-state index contributed by atoms with van der Waals surface area (Å²) in [6.07, 6.45) is 2.46. The first-order valence-electron chi connectivity index (χ1n) is 13.2. The molecule has 1 N–H and O–H groups in total. The molecule has 0 spiro atoms. The van der Waals surface area contributed by atoms with Gasteiger partial charge in [-0.25, -0.2) is 19.7 Å². The van der Waals surface area contributed by atoms with Gasteiger partial charge in [-0.3, -0.25) is 23.2 Å². The zero-order valence-corrected chi connectivity index (χ0v) is 26.6. The molecule has 42 heavy (non-hydrogen) atoms. The molecule has 0 radical (unpaired) electrons. The Labute approximate surface area is 245 Å². The fourth-order valence-electron chi connectivity index (χ4n) is 2.90. The summed E-state index contributed by atoms with van der Waals surface area (Å²) in [4.78, 5) is 53.8. The highest BCUT2D eigenvalue weighted by Gasteiger charge is 2.30. The number of esters is 2. The molecule has 2 heterocycles. The number of hydrogen-bond acceptors (Lipinski definition) is 14. The molecule has 0 aliphatic carbocycles. The molecule has 0 bridgehead atoms. The molecule has 0 aliphatic heterocycles. The van der Waals surface area contributed by atoms with Crippen LogP contribution in [0.25, 0.3) is 11.2 Å². The van der Waals surface area contributed by atoms with E-state index in [0.29, 0.717) is 11.2 Å². The van der Waals surface area contributed by atoms with E-state index in [-0.39, 0.29) is 30.8 Å². The van der Waals surface area contributed by atoms with Crippen LogP contribution in [-0.4, -0.2) is 64.0 Å². The van der Waals surface area contributed by atoms with Crippen LogP contribution in [-0.2, 0) is 53.6 Å². The molecule has 0 fully saturated rings. The minimum absolute atomic E-state index is 0.0268. The van der Waals surface area contributed by atoms with Crippen LogP contribution in [0.4, 0.5) is 5.82 Å². The number of nitrogens with zero attached hydrogens (tertiary/aromatic N) is 4. The first kappa shape index (κ1) is 35.1. The van der Waals surface area contributed by atoms with Crippen molar-refractivity contribution < 1.29 is 47.0 Å². The fourth-order valence-corrected chi connectivity index (χ4v) is 3.90. The molecule has 236 valence electrons. The molecule has 0 amide bonds.